The summed E-state index contributed by atoms with van der Waals surface area (Å²) in [5.74, 6) is -1.01. The molecule has 104 valence electrons. The Hall–Kier alpha value is -2.04. The number of benzene rings is 1. The molecule has 2 amide bonds. The van der Waals surface area contributed by atoms with Crippen molar-refractivity contribution in [3.8, 4) is 0 Å². The first-order valence-electron chi connectivity index (χ1n) is 6.31. The Labute approximate surface area is 113 Å². The Kier molecular flexibility index (Phi) is 4.92. The number of amides is 2. The summed E-state index contributed by atoms with van der Waals surface area (Å²) in [4.78, 5) is 24.9. The first-order valence-corrected chi connectivity index (χ1v) is 6.31. The SMILES string of the molecule is CCC(CC)(NC(=O)N(C)c1ccccc1)C(=O)O. The summed E-state index contributed by atoms with van der Waals surface area (Å²) >= 11 is 0. The molecule has 0 spiro atoms. The van der Waals surface area contributed by atoms with E-state index in [-0.39, 0.29) is 0 Å². The van der Waals surface area contributed by atoms with E-state index in [1.54, 1.807) is 33.0 Å². The van der Waals surface area contributed by atoms with Crippen LogP contribution in [0.4, 0.5) is 10.5 Å². The molecule has 0 radical (unpaired) electrons. The number of nitrogens with zero attached hydrogens (tertiary/aromatic N) is 1. The Balaban J connectivity index is 2.87. The number of carbonyl (C=O) groups is 2. The minimum absolute atomic E-state index is 0.340. The molecule has 0 saturated carbocycles. The second-order valence-corrected chi connectivity index (χ2v) is 4.42. The molecule has 1 aromatic carbocycles. The lowest BCUT2D eigenvalue weighted by molar-refractivity contribution is -0.144. The lowest BCUT2D eigenvalue weighted by atomic mass is 9.93. The Morgan fingerprint density at radius 2 is 1.74 bits per heavy atom. The first kappa shape index (κ1) is 15.0. The van der Waals surface area contributed by atoms with Gasteiger partial charge in [-0.05, 0) is 25.0 Å². The summed E-state index contributed by atoms with van der Waals surface area (Å²) in [5.41, 5.74) is -0.494. The van der Waals surface area contributed by atoms with Crippen molar-refractivity contribution in [3.63, 3.8) is 0 Å². The Morgan fingerprint density at radius 1 is 1.21 bits per heavy atom. The van der Waals surface area contributed by atoms with Gasteiger partial charge >= 0.3 is 12.0 Å². The fourth-order valence-corrected chi connectivity index (χ4v) is 1.84. The third-order valence-corrected chi connectivity index (χ3v) is 3.41. The van der Waals surface area contributed by atoms with Crippen LogP contribution >= 0.6 is 0 Å². The summed E-state index contributed by atoms with van der Waals surface area (Å²) in [6, 6.07) is 8.67. The van der Waals surface area contributed by atoms with Crippen molar-refractivity contribution in [2.75, 3.05) is 11.9 Å². The van der Waals surface area contributed by atoms with E-state index in [1.807, 2.05) is 18.2 Å². The van der Waals surface area contributed by atoms with E-state index in [4.69, 9.17) is 0 Å². The first-order chi connectivity index (χ1) is 8.96. The van der Waals surface area contributed by atoms with Crippen LogP contribution in [0.15, 0.2) is 30.3 Å². The van der Waals surface area contributed by atoms with Crippen LogP contribution in [0.2, 0.25) is 0 Å². The zero-order chi connectivity index (χ0) is 14.5. The summed E-state index contributed by atoms with van der Waals surface area (Å²) in [6.07, 6.45) is 0.681. The molecule has 0 saturated heterocycles. The molecule has 0 fully saturated rings. The van der Waals surface area contributed by atoms with Crippen molar-refractivity contribution in [2.45, 2.75) is 32.2 Å². The van der Waals surface area contributed by atoms with E-state index in [1.165, 1.54) is 4.90 Å². The molecule has 0 aliphatic rings. The Bertz CT molecular complexity index is 441. The van der Waals surface area contributed by atoms with Crippen molar-refractivity contribution in [1.82, 2.24) is 5.32 Å². The zero-order valence-corrected chi connectivity index (χ0v) is 11.5. The molecule has 5 heteroatoms. The molecule has 0 atom stereocenters. The van der Waals surface area contributed by atoms with E-state index < -0.39 is 17.5 Å². The maximum atomic E-state index is 12.1. The van der Waals surface area contributed by atoms with Crippen LogP contribution in [0.1, 0.15) is 26.7 Å². The van der Waals surface area contributed by atoms with Crippen molar-refractivity contribution in [2.24, 2.45) is 0 Å². The number of nitrogens with one attached hydrogen (secondary N) is 1. The minimum atomic E-state index is -1.21. The van der Waals surface area contributed by atoms with Gasteiger partial charge in [-0.1, -0.05) is 32.0 Å². The fraction of sp³-hybridized carbons (Fsp3) is 0.429. The van der Waals surface area contributed by atoms with Crippen molar-refractivity contribution in [3.05, 3.63) is 30.3 Å². The van der Waals surface area contributed by atoms with Crippen LogP contribution in [-0.2, 0) is 4.79 Å². The van der Waals surface area contributed by atoms with Crippen LogP contribution < -0.4 is 10.2 Å². The molecule has 1 aromatic rings. The highest BCUT2D eigenvalue weighted by molar-refractivity contribution is 5.95. The number of carboxylic acid groups (broad SMARTS) is 1. The normalized spacial score (nSPS) is 10.9. The van der Waals surface area contributed by atoms with E-state index in [0.29, 0.717) is 18.5 Å². The number of hydrogen-bond donors (Lipinski definition) is 2. The van der Waals surface area contributed by atoms with Crippen LogP contribution in [-0.4, -0.2) is 29.7 Å². The number of carboxylic acids is 1. The lowest BCUT2D eigenvalue weighted by Gasteiger charge is -2.30. The van der Waals surface area contributed by atoms with E-state index >= 15 is 0 Å². The Morgan fingerprint density at radius 3 is 2.16 bits per heavy atom. The summed E-state index contributed by atoms with van der Waals surface area (Å²) in [7, 11) is 1.61. The summed E-state index contributed by atoms with van der Waals surface area (Å²) < 4.78 is 0. The van der Waals surface area contributed by atoms with Gasteiger partial charge in [0, 0.05) is 12.7 Å². The van der Waals surface area contributed by atoms with Gasteiger partial charge in [-0.15, -0.1) is 0 Å². The van der Waals surface area contributed by atoms with Crippen molar-refractivity contribution >= 4 is 17.7 Å². The predicted octanol–water partition coefficient (Wildman–Crippen LogP) is 2.48. The number of carbonyl (C=O) groups excluding carboxylic acids is 1. The fourth-order valence-electron chi connectivity index (χ4n) is 1.84. The summed E-state index contributed by atoms with van der Waals surface area (Å²) in [5, 5.41) is 11.9. The second kappa shape index (κ2) is 6.22. The lowest BCUT2D eigenvalue weighted by Crippen LogP contribution is -2.56. The highest BCUT2D eigenvalue weighted by Crippen LogP contribution is 2.18. The quantitative estimate of drug-likeness (QED) is 0.858. The topological polar surface area (TPSA) is 69.6 Å². The van der Waals surface area contributed by atoms with Crippen molar-refractivity contribution in [1.29, 1.82) is 0 Å². The molecule has 2 N–H and O–H groups in total. The molecule has 5 nitrogen and oxygen atoms in total. The van der Waals surface area contributed by atoms with Gasteiger partial charge in [0.1, 0.15) is 5.54 Å². The van der Waals surface area contributed by atoms with Crippen molar-refractivity contribution < 1.29 is 14.7 Å². The molecule has 0 aromatic heterocycles. The third kappa shape index (κ3) is 3.24. The number of aliphatic carboxylic acids is 1. The molecule has 0 aliphatic heterocycles. The van der Waals surface area contributed by atoms with Gasteiger partial charge in [0.15, 0.2) is 0 Å². The van der Waals surface area contributed by atoms with Crippen LogP contribution in [0.5, 0.6) is 0 Å². The van der Waals surface area contributed by atoms with Gasteiger partial charge in [0.05, 0.1) is 0 Å². The van der Waals surface area contributed by atoms with E-state index in [9.17, 15) is 14.7 Å². The molecule has 0 aliphatic carbocycles. The van der Waals surface area contributed by atoms with Gasteiger partial charge < -0.3 is 10.4 Å². The molecular weight excluding hydrogens is 244 g/mol. The van der Waals surface area contributed by atoms with Gasteiger partial charge in [-0.2, -0.15) is 0 Å². The third-order valence-electron chi connectivity index (χ3n) is 3.41. The average Bonchev–Trinajstić information content (AvgIpc) is 2.44. The maximum Gasteiger partial charge on any atom is 0.329 e. The number of rotatable bonds is 5. The molecule has 19 heavy (non-hydrogen) atoms. The maximum absolute atomic E-state index is 12.1. The van der Waals surface area contributed by atoms with Crippen LogP contribution in [0.25, 0.3) is 0 Å². The molecule has 1 rings (SSSR count). The number of para-hydroxylation sites is 1. The van der Waals surface area contributed by atoms with Crippen LogP contribution in [0, 0.1) is 0 Å². The average molecular weight is 264 g/mol. The molecular formula is C14H20N2O3. The molecule has 0 heterocycles. The standard InChI is InChI=1S/C14H20N2O3/c1-4-14(5-2,12(17)18)15-13(19)16(3)11-9-7-6-8-10-11/h6-10H,4-5H2,1-3H3,(H,15,19)(H,17,18). The largest absolute Gasteiger partial charge is 0.480 e. The molecule has 0 unspecified atom stereocenters. The number of anilines is 1. The van der Waals surface area contributed by atoms with Gasteiger partial charge in [-0.25, -0.2) is 9.59 Å². The van der Waals surface area contributed by atoms with Gasteiger partial charge in [0.25, 0.3) is 0 Å². The second-order valence-electron chi connectivity index (χ2n) is 4.42. The highest BCUT2D eigenvalue weighted by Gasteiger charge is 2.37. The van der Waals surface area contributed by atoms with Crippen LogP contribution in [0.3, 0.4) is 0 Å². The summed E-state index contributed by atoms with van der Waals surface area (Å²) in [6.45, 7) is 3.50. The smallest absolute Gasteiger partial charge is 0.329 e. The highest BCUT2D eigenvalue weighted by atomic mass is 16.4. The number of hydrogen-bond acceptors (Lipinski definition) is 2. The van der Waals surface area contributed by atoms with E-state index in [2.05, 4.69) is 5.32 Å². The molecule has 0 bridgehead atoms. The monoisotopic (exact) mass is 264 g/mol. The number of urea groups is 1. The predicted molar refractivity (Wildman–Crippen MR) is 74.3 cm³/mol. The van der Waals surface area contributed by atoms with E-state index in [0.717, 1.165) is 0 Å². The zero-order valence-electron chi connectivity index (χ0n) is 11.5. The van der Waals surface area contributed by atoms with Gasteiger partial charge in [0.2, 0.25) is 0 Å². The van der Waals surface area contributed by atoms with Gasteiger partial charge in [-0.3, -0.25) is 4.90 Å². The minimum Gasteiger partial charge on any atom is -0.480 e.